The molecule has 4 N–H and O–H groups in total. The molecule has 1 atom stereocenters. The summed E-state index contributed by atoms with van der Waals surface area (Å²) < 4.78 is 0. The lowest BCUT2D eigenvalue weighted by molar-refractivity contribution is -0.147. The minimum atomic E-state index is -1.41. The minimum absolute atomic E-state index is 0.0304. The van der Waals surface area contributed by atoms with Crippen LogP contribution in [0.3, 0.4) is 0 Å². The topological polar surface area (TPSA) is 102 Å². The third-order valence-corrected chi connectivity index (χ3v) is 2.82. The monoisotopic (exact) mass is 259 g/mol. The van der Waals surface area contributed by atoms with E-state index in [1.54, 1.807) is 0 Å². The van der Waals surface area contributed by atoms with E-state index in [0.717, 1.165) is 32.6 Å². The van der Waals surface area contributed by atoms with Crippen molar-refractivity contribution in [2.24, 2.45) is 0 Å². The lowest BCUT2D eigenvalue weighted by Gasteiger charge is -2.18. The zero-order valence-corrected chi connectivity index (χ0v) is 10.4. The summed E-state index contributed by atoms with van der Waals surface area (Å²) in [7, 11) is 0. The average molecular weight is 259 g/mol. The van der Waals surface area contributed by atoms with Crippen LogP contribution < -0.4 is 10.6 Å². The van der Waals surface area contributed by atoms with E-state index in [4.69, 9.17) is 10.2 Å². The molecule has 0 aliphatic carbocycles. The van der Waals surface area contributed by atoms with Gasteiger partial charge >= 0.3 is 5.97 Å². The van der Waals surface area contributed by atoms with Crippen molar-refractivity contribution in [1.29, 1.82) is 0 Å². The summed E-state index contributed by atoms with van der Waals surface area (Å²) in [6.07, 6.45) is -0.360. The quantitative estimate of drug-likeness (QED) is 0.450. The number of carbonyl (C=O) groups excluding carboxylic acids is 1. The van der Waals surface area contributed by atoms with Gasteiger partial charge in [0.2, 0.25) is 5.91 Å². The molecule has 0 aromatic carbocycles. The van der Waals surface area contributed by atoms with Crippen LogP contribution in [-0.2, 0) is 9.59 Å². The number of amides is 1. The van der Waals surface area contributed by atoms with Gasteiger partial charge in [-0.3, -0.25) is 9.69 Å². The van der Waals surface area contributed by atoms with E-state index in [1.165, 1.54) is 0 Å². The van der Waals surface area contributed by atoms with Gasteiger partial charge in [-0.05, 0) is 19.5 Å². The van der Waals surface area contributed by atoms with Gasteiger partial charge in [0.1, 0.15) is 0 Å². The van der Waals surface area contributed by atoms with Crippen LogP contribution in [0.5, 0.6) is 0 Å². The molecule has 1 saturated heterocycles. The van der Waals surface area contributed by atoms with Crippen molar-refractivity contribution >= 4 is 11.9 Å². The van der Waals surface area contributed by atoms with E-state index in [9.17, 15) is 9.59 Å². The molecule has 0 spiro atoms. The second kappa shape index (κ2) is 8.02. The van der Waals surface area contributed by atoms with Crippen LogP contribution >= 0.6 is 0 Å². The number of carboxylic acids is 1. The van der Waals surface area contributed by atoms with Crippen LogP contribution in [0.15, 0.2) is 0 Å². The normalized spacial score (nSPS) is 18.9. The summed E-state index contributed by atoms with van der Waals surface area (Å²) in [5.74, 6) is -1.39. The Balaban J connectivity index is 2.14. The molecule has 7 nitrogen and oxygen atoms in total. The molecular weight excluding hydrogens is 238 g/mol. The Bertz CT molecular complexity index is 277. The fraction of sp³-hybridized carbons (Fsp3) is 0.818. The standard InChI is InChI=1S/C11H21N3O4/c15-9(11(17)18)2-4-13-10(16)8-14-6-1-3-12-5-7-14/h9,12,15H,1-8H2,(H,13,16)(H,17,18). The minimum Gasteiger partial charge on any atom is -0.479 e. The van der Waals surface area contributed by atoms with E-state index in [0.29, 0.717) is 6.54 Å². The highest BCUT2D eigenvalue weighted by Crippen LogP contribution is 1.95. The van der Waals surface area contributed by atoms with Crippen molar-refractivity contribution in [2.45, 2.75) is 18.9 Å². The summed E-state index contributed by atoms with van der Waals surface area (Å²) in [5.41, 5.74) is 0. The van der Waals surface area contributed by atoms with Crippen molar-refractivity contribution in [3.05, 3.63) is 0 Å². The third-order valence-electron chi connectivity index (χ3n) is 2.82. The van der Waals surface area contributed by atoms with E-state index in [1.807, 2.05) is 0 Å². The van der Waals surface area contributed by atoms with E-state index >= 15 is 0 Å². The second-order valence-electron chi connectivity index (χ2n) is 4.37. The number of nitrogens with zero attached hydrogens (tertiary/aromatic N) is 1. The lowest BCUT2D eigenvalue weighted by Crippen LogP contribution is -2.40. The number of rotatable bonds is 6. The molecule has 0 aromatic rings. The summed E-state index contributed by atoms with van der Waals surface area (Å²) in [6.45, 7) is 4.08. The van der Waals surface area contributed by atoms with Gasteiger partial charge in [0.25, 0.3) is 0 Å². The van der Waals surface area contributed by atoms with Crippen molar-refractivity contribution in [3.63, 3.8) is 0 Å². The van der Waals surface area contributed by atoms with Crippen molar-refractivity contribution in [2.75, 3.05) is 39.3 Å². The number of carboxylic acid groups (broad SMARTS) is 1. The van der Waals surface area contributed by atoms with Gasteiger partial charge in [-0.15, -0.1) is 0 Å². The molecule has 0 aromatic heterocycles. The van der Waals surface area contributed by atoms with Crippen LogP contribution in [0.25, 0.3) is 0 Å². The van der Waals surface area contributed by atoms with Gasteiger partial charge < -0.3 is 20.8 Å². The van der Waals surface area contributed by atoms with Crippen LogP contribution in [0.1, 0.15) is 12.8 Å². The Kier molecular flexibility index (Phi) is 6.63. The first-order chi connectivity index (χ1) is 8.59. The maximum absolute atomic E-state index is 11.6. The SMILES string of the molecule is O=C(CN1CCCNCC1)NCCC(O)C(=O)O. The van der Waals surface area contributed by atoms with Crippen LogP contribution in [0, 0.1) is 0 Å². The highest BCUT2D eigenvalue weighted by Gasteiger charge is 2.15. The van der Waals surface area contributed by atoms with Crippen molar-refractivity contribution in [3.8, 4) is 0 Å². The number of hydrogen-bond donors (Lipinski definition) is 4. The third kappa shape index (κ3) is 5.95. The molecule has 0 saturated carbocycles. The second-order valence-corrected chi connectivity index (χ2v) is 4.37. The van der Waals surface area contributed by atoms with Gasteiger partial charge in [-0.2, -0.15) is 0 Å². The smallest absolute Gasteiger partial charge is 0.332 e. The molecule has 1 aliphatic rings. The Hall–Kier alpha value is -1.18. The predicted molar refractivity (Wildman–Crippen MR) is 65.2 cm³/mol. The maximum atomic E-state index is 11.6. The van der Waals surface area contributed by atoms with Gasteiger partial charge in [0.15, 0.2) is 6.10 Å². The van der Waals surface area contributed by atoms with Crippen LogP contribution in [0.2, 0.25) is 0 Å². The van der Waals surface area contributed by atoms with Crippen molar-refractivity contribution in [1.82, 2.24) is 15.5 Å². The molecule has 0 bridgehead atoms. The number of aliphatic hydroxyl groups excluding tert-OH is 1. The number of aliphatic hydroxyl groups is 1. The van der Waals surface area contributed by atoms with E-state index in [2.05, 4.69) is 15.5 Å². The van der Waals surface area contributed by atoms with Gasteiger partial charge in [-0.1, -0.05) is 0 Å². The van der Waals surface area contributed by atoms with E-state index < -0.39 is 12.1 Å². The van der Waals surface area contributed by atoms with Gasteiger partial charge in [0.05, 0.1) is 6.54 Å². The first kappa shape index (κ1) is 14.9. The van der Waals surface area contributed by atoms with Crippen molar-refractivity contribution < 1.29 is 19.8 Å². The van der Waals surface area contributed by atoms with E-state index in [-0.39, 0.29) is 18.9 Å². The summed E-state index contributed by atoms with van der Waals surface area (Å²) in [5, 5.41) is 23.4. The molecular formula is C11H21N3O4. The Labute approximate surface area is 106 Å². The Morgan fingerprint density at radius 2 is 2.11 bits per heavy atom. The molecule has 1 fully saturated rings. The average Bonchev–Trinajstić information content (AvgIpc) is 2.57. The molecule has 1 amide bonds. The van der Waals surface area contributed by atoms with Crippen LogP contribution in [-0.4, -0.2) is 72.4 Å². The molecule has 104 valence electrons. The lowest BCUT2D eigenvalue weighted by atomic mass is 10.2. The molecule has 1 unspecified atom stereocenters. The Morgan fingerprint density at radius 1 is 1.33 bits per heavy atom. The highest BCUT2D eigenvalue weighted by molar-refractivity contribution is 5.78. The predicted octanol–water partition coefficient (Wildman–Crippen LogP) is -1.77. The number of aliphatic carboxylic acids is 1. The molecule has 1 heterocycles. The number of carbonyl (C=O) groups is 2. The maximum Gasteiger partial charge on any atom is 0.332 e. The largest absolute Gasteiger partial charge is 0.479 e. The summed E-state index contributed by atoms with van der Waals surface area (Å²) >= 11 is 0. The fourth-order valence-electron chi connectivity index (χ4n) is 1.79. The Morgan fingerprint density at radius 3 is 2.83 bits per heavy atom. The molecule has 7 heteroatoms. The molecule has 18 heavy (non-hydrogen) atoms. The summed E-state index contributed by atoms with van der Waals surface area (Å²) in [4.78, 5) is 24.0. The highest BCUT2D eigenvalue weighted by atomic mass is 16.4. The fourth-order valence-corrected chi connectivity index (χ4v) is 1.79. The van der Waals surface area contributed by atoms with Gasteiger partial charge in [-0.25, -0.2) is 4.79 Å². The molecule has 1 rings (SSSR count). The first-order valence-electron chi connectivity index (χ1n) is 6.20. The zero-order valence-electron chi connectivity index (χ0n) is 10.4. The molecule has 1 aliphatic heterocycles. The van der Waals surface area contributed by atoms with Crippen LogP contribution in [0.4, 0.5) is 0 Å². The summed E-state index contributed by atoms with van der Waals surface area (Å²) in [6, 6.07) is 0. The van der Waals surface area contributed by atoms with Gasteiger partial charge in [0, 0.05) is 26.1 Å². The molecule has 0 radical (unpaired) electrons. The first-order valence-corrected chi connectivity index (χ1v) is 6.20. The number of nitrogens with one attached hydrogen (secondary N) is 2. The number of hydrogen-bond acceptors (Lipinski definition) is 5. The zero-order chi connectivity index (χ0) is 13.4.